The van der Waals surface area contributed by atoms with Crippen molar-refractivity contribution in [3.05, 3.63) is 64.7 Å². The predicted molar refractivity (Wildman–Crippen MR) is 78.6 cm³/mol. The van der Waals surface area contributed by atoms with Gasteiger partial charge in [-0.1, -0.05) is 42.0 Å². The van der Waals surface area contributed by atoms with Gasteiger partial charge in [-0.15, -0.1) is 0 Å². The summed E-state index contributed by atoms with van der Waals surface area (Å²) in [5.74, 6) is 0.532. The standard InChI is InChI=1S/C16H15ClO2/c17-14-9-10-16(19)13(11-14)7-2-1-5-12-6-3-4-8-15(12)18/h2-4,6-11,18-19H,1,5H2/b7-2+. The molecule has 2 rings (SSSR count). The number of halogens is 1. The second-order valence-corrected chi connectivity index (χ2v) is 4.71. The van der Waals surface area contributed by atoms with Crippen LogP contribution < -0.4 is 0 Å². The Hall–Kier alpha value is -1.93. The Morgan fingerprint density at radius 1 is 1.00 bits per heavy atom. The van der Waals surface area contributed by atoms with Crippen molar-refractivity contribution < 1.29 is 10.2 Å². The van der Waals surface area contributed by atoms with E-state index in [9.17, 15) is 10.2 Å². The molecular formula is C16H15ClO2. The minimum absolute atomic E-state index is 0.211. The molecule has 0 saturated carbocycles. The number of aryl methyl sites for hydroxylation is 1. The van der Waals surface area contributed by atoms with E-state index in [-0.39, 0.29) is 5.75 Å². The first-order chi connectivity index (χ1) is 9.16. The van der Waals surface area contributed by atoms with Crippen molar-refractivity contribution in [1.29, 1.82) is 0 Å². The highest BCUT2D eigenvalue weighted by Crippen LogP contribution is 2.23. The zero-order valence-corrected chi connectivity index (χ0v) is 11.1. The second kappa shape index (κ2) is 6.30. The highest BCUT2D eigenvalue weighted by molar-refractivity contribution is 6.30. The smallest absolute Gasteiger partial charge is 0.122 e. The van der Waals surface area contributed by atoms with Gasteiger partial charge in [0.05, 0.1) is 0 Å². The molecule has 0 unspecified atom stereocenters. The molecule has 19 heavy (non-hydrogen) atoms. The number of phenols is 2. The van der Waals surface area contributed by atoms with Gasteiger partial charge in [0.2, 0.25) is 0 Å². The number of hydrogen-bond donors (Lipinski definition) is 2. The summed E-state index contributed by atoms with van der Waals surface area (Å²) in [6, 6.07) is 12.2. The Bertz CT molecular complexity index is 591. The molecule has 2 nitrogen and oxygen atoms in total. The van der Waals surface area contributed by atoms with Crippen LogP contribution in [0.1, 0.15) is 17.5 Å². The van der Waals surface area contributed by atoms with E-state index >= 15 is 0 Å². The Kier molecular flexibility index (Phi) is 4.48. The fourth-order valence-corrected chi connectivity index (χ4v) is 2.01. The number of rotatable bonds is 4. The maximum absolute atomic E-state index is 9.65. The minimum Gasteiger partial charge on any atom is -0.508 e. The lowest BCUT2D eigenvalue weighted by atomic mass is 10.1. The molecule has 0 atom stereocenters. The van der Waals surface area contributed by atoms with Crippen LogP contribution in [0.4, 0.5) is 0 Å². The molecular weight excluding hydrogens is 260 g/mol. The second-order valence-electron chi connectivity index (χ2n) is 4.27. The van der Waals surface area contributed by atoms with Gasteiger partial charge in [-0.3, -0.25) is 0 Å². The van der Waals surface area contributed by atoms with E-state index in [4.69, 9.17) is 11.6 Å². The molecule has 98 valence electrons. The molecule has 0 amide bonds. The topological polar surface area (TPSA) is 40.5 Å². The van der Waals surface area contributed by atoms with E-state index in [1.807, 2.05) is 24.3 Å². The molecule has 0 aliphatic carbocycles. The molecule has 3 heteroatoms. The number of allylic oxidation sites excluding steroid dienone is 1. The summed E-state index contributed by atoms with van der Waals surface area (Å²) in [4.78, 5) is 0. The Labute approximate surface area is 117 Å². The van der Waals surface area contributed by atoms with Gasteiger partial charge in [0.15, 0.2) is 0 Å². The summed E-state index contributed by atoms with van der Waals surface area (Å²) in [7, 11) is 0. The van der Waals surface area contributed by atoms with Crippen molar-refractivity contribution in [3.63, 3.8) is 0 Å². The summed E-state index contributed by atoms with van der Waals surface area (Å²) < 4.78 is 0. The van der Waals surface area contributed by atoms with Crippen molar-refractivity contribution in [1.82, 2.24) is 0 Å². The van der Waals surface area contributed by atoms with Crippen LogP contribution in [0, 0.1) is 0 Å². The normalized spacial score (nSPS) is 11.0. The van der Waals surface area contributed by atoms with Crippen LogP contribution in [-0.2, 0) is 6.42 Å². The van der Waals surface area contributed by atoms with Crippen molar-refractivity contribution in [3.8, 4) is 11.5 Å². The molecule has 0 bridgehead atoms. The van der Waals surface area contributed by atoms with Crippen LogP contribution >= 0.6 is 11.6 Å². The third-order valence-electron chi connectivity index (χ3n) is 2.86. The monoisotopic (exact) mass is 274 g/mol. The van der Waals surface area contributed by atoms with Crippen molar-refractivity contribution >= 4 is 17.7 Å². The van der Waals surface area contributed by atoms with Crippen LogP contribution in [0.15, 0.2) is 48.5 Å². The predicted octanol–water partition coefficient (Wildman–Crippen LogP) is 4.40. The summed E-state index contributed by atoms with van der Waals surface area (Å²) in [6.45, 7) is 0. The molecule has 0 aliphatic rings. The largest absolute Gasteiger partial charge is 0.508 e. The van der Waals surface area contributed by atoms with E-state index in [0.717, 1.165) is 18.4 Å². The fraction of sp³-hybridized carbons (Fsp3) is 0.125. The Balaban J connectivity index is 1.97. The summed E-state index contributed by atoms with van der Waals surface area (Å²) >= 11 is 5.87. The van der Waals surface area contributed by atoms with Crippen LogP contribution in [-0.4, -0.2) is 10.2 Å². The number of para-hydroxylation sites is 1. The molecule has 2 aromatic rings. The summed E-state index contributed by atoms with van der Waals surface area (Å²) in [5, 5.41) is 19.9. The van der Waals surface area contributed by atoms with E-state index in [1.165, 1.54) is 0 Å². The minimum atomic E-state index is 0.211. The molecule has 0 aliphatic heterocycles. The average Bonchev–Trinajstić information content (AvgIpc) is 2.40. The van der Waals surface area contributed by atoms with Gasteiger partial charge >= 0.3 is 0 Å². The lowest BCUT2D eigenvalue weighted by molar-refractivity contribution is 0.468. The molecule has 0 saturated heterocycles. The first-order valence-corrected chi connectivity index (χ1v) is 6.46. The molecule has 0 radical (unpaired) electrons. The molecule has 0 aromatic heterocycles. The van der Waals surface area contributed by atoms with E-state index in [2.05, 4.69) is 0 Å². The van der Waals surface area contributed by atoms with Gasteiger partial charge in [0, 0.05) is 10.6 Å². The molecule has 0 heterocycles. The van der Waals surface area contributed by atoms with Crippen molar-refractivity contribution in [2.45, 2.75) is 12.8 Å². The highest BCUT2D eigenvalue weighted by Gasteiger charge is 1.99. The van der Waals surface area contributed by atoms with Gasteiger partial charge < -0.3 is 10.2 Å². The average molecular weight is 275 g/mol. The maximum Gasteiger partial charge on any atom is 0.122 e. The number of phenolic OH excluding ortho intramolecular Hbond substituents is 2. The van der Waals surface area contributed by atoms with Gasteiger partial charge in [0.1, 0.15) is 11.5 Å². The van der Waals surface area contributed by atoms with E-state index in [1.54, 1.807) is 30.3 Å². The zero-order chi connectivity index (χ0) is 13.7. The lowest BCUT2D eigenvalue weighted by Crippen LogP contribution is -1.83. The van der Waals surface area contributed by atoms with Gasteiger partial charge in [-0.05, 0) is 42.7 Å². The number of hydrogen-bond acceptors (Lipinski definition) is 2. The van der Waals surface area contributed by atoms with Gasteiger partial charge in [0.25, 0.3) is 0 Å². The molecule has 2 N–H and O–H groups in total. The Morgan fingerprint density at radius 3 is 2.58 bits per heavy atom. The first-order valence-electron chi connectivity index (χ1n) is 6.09. The van der Waals surface area contributed by atoms with Gasteiger partial charge in [-0.25, -0.2) is 0 Å². The number of benzene rings is 2. The van der Waals surface area contributed by atoms with E-state index in [0.29, 0.717) is 16.3 Å². The fourth-order valence-electron chi connectivity index (χ4n) is 1.83. The van der Waals surface area contributed by atoms with E-state index < -0.39 is 0 Å². The van der Waals surface area contributed by atoms with Crippen LogP contribution in [0.2, 0.25) is 5.02 Å². The molecule has 0 fully saturated rings. The van der Waals surface area contributed by atoms with Crippen LogP contribution in [0.5, 0.6) is 11.5 Å². The zero-order valence-electron chi connectivity index (χ0n) is 10.4. The van der Waals surface area contributed by atoms with Gasteiger partial charge in [-0.2, -0.15) is 0 Å². The first kappa shape index (κ1) is 13.5. The van der Waals surface area contributed by atoms with Crippen molar-refractivity contribution in [2.24, 2.45) is 0 Å². The quantitative estimate of drug-likeness (QED) is 0.868. The SMILES string of the molecule is Oc1ccc(Cl)cc1/C=C/CCc1ccccc1O. The van der Waals surface area contributed by atoms with Crippen LogP contribution in [0.25, 0.3) is 6.08 Å². The maximum atomic E-state index is 9.65. The van der Waals surface area contributed by atoms with Crippen LogP contribution in [0.3, 0.4) is 0 Å². The summed E-state index contributed by atoms with van der Waals surface area (Å²) in [5.41, 5.74) is 1.62. The van der Waals surface area contributed by atoms with Crippen molar-refractivity contribution in [2.75, 3.05) is 0 Å². The number of aromatic hydroxyl groups is 2. The molecule has 2 aromatic carbocycles. The molecule has 0 spiro atoms. The third kappa shape index (κ3) is 3.76. The Morgan fingerprint density at radius 2 is 1.79 bits per heavy atom. The lowest BCUT2D eigenvalue weighted by Gasteiger charge is -2.02. The highest BCUT2D eigenvalue weighted by atomic mass is 35.5. The summed E-state index contributed by atoms with van der Waals surface area (Å²) in [6.07, 6.45) is 5.33. The third-order valence-corrected chi connectivity index (χ3v) is 3.09.